The lowest BCUT2D eigenvalue weighted by atomic mass is 10.3. The number of hydrogen-bond donors (Lipinski definition) is 2. The maximum absolute atomic E-state index is 12.6. The second-order valence-corrected chi connectivity index (χ2v) is 4.50. The predicted octanol–water partition coefficient (Wildman–Crippen LogP) is 1.97. The molecule has 1 atom stereocenters. The minimum Gasteiger partial charge on any atom is -0.299 e. The van der Waals surface area contributed by atoms with Gasteiger partial charge in [0.1, 0.15) is 21.5 Å². The molecule has 0 aromatic heterocycles. The average Bonchev–Trinajstić information content (AvgIpc) is 1.78. The number of nitrogens with one attached hydrogen (secondary N) is 2. The highest BCUT2D eigenvalue weighted by Gasteiger charge is 2.02. The zero-order chi connectivity index (χ0) is 10.1. The Balaban J connectivity index is 3.03. The molecule has 13 heavy (non-hydrogen) atoms. The third kappa shape index (κ3) is 3.37. The quantitative estimate of drug-likeness (QED) is 0.763. The average molecular weight is 206 g/mol. The molecule has 0 aliphatic carbocycles. The van der Waals surface area contributed by atoms with E-state index in [0.717, 1.165) is 18.4 Å². The predicted molar refractivity (Wildman–Crippen MR) is 46.8 cm³/mol. The van der Waals surface area contributed by atoms with Crippen molar-refractivity contribution in [2.24, 2.45) is 0 Å². The molecule has 0 fully saturated rings. The minimum atomic E-state index is -2.99. The molecule has 0 bridgehead atoms. The van der Waals surface area contributed by atoms with Gasteiger partial charge in [-0.15, -0.1) is 0 Å². The fourth-order valence-corrected chi connectivity index (χ4v) is 1.41. The molecule has 1 rings (SSSR count). The van der Waals surface area contributed by atoms with E-state index < -0.39 is 21.5 Å². The van der Waals surface area contributed by atoms with Crippen LogP contribution in [0.25, 0.3) is 0 Å². The van der Waals surface area contributed by atoms with Crippen LogP contribution in [0.1, 0.15) is 0 Å². The summed E-state index contributed by atoms with van der Waals surface area (Å²) in [6.07, 6.45) is 1.12. The SMILES string of the molecule is CS(=N)(=O)Nc1cc(F)cc(F)c1. The smallest absolute Gasteiger partial charge is 0.128 e. The Bertz CT molecular complexity index is 396. The summed E-state index contributed by atoms with van der Waals surface area (Å²) in [6.45, 7) is 0. The highest BCUT2D eigenvalue weighted by Crippen LogP contribution is 2.13. The van der Waals surface area contributed by atoms with E-state index in [2.05, 4.69) is 4.72 Å². The Morgan fingerprint density at radius 1 is 1.31 bits per heavy atom. The van der Waals surface area contributed by atoms with Crippen molar-refractivity contribution in [3.63, 3.8) is 0 Å². The zero-order valence-corrected chi connectivity index (χ0v) is 7.62. The molecule has 2 N–H and O–H groups in total. The summed E-state index contributed by atoms with van der Waals surface area (Å²) in [5.74, 6) is -1.54. The van der Waals surface area contributed by atoms with Gasteiger partial charge in [0.25, 0.3) is 0 Å². The highest BCUT2D eigenvalue weighted by atomic mass is 32.2. The maximum Gasteiger partial charge on any atom is 0.128 e. The molecule has 0 aliphatic heterocycles. The second-order valence-electron chi connectivity index (χ2n) is 2.60. The highest BCUT2D eigenvalue weighted by molar-refractivity contribution is 7.93. The molecule has 3 nitrogen and oxygen atoms in total. The van der Waals surface area contributed by atoms with Gasteiger partial charge in [-0.1, -0.05) is 0 Å². The third-order valence-corrected chi connectivity index (χ3v) is 1.80. The molecule has 0 aliphatic rings. The first-order chi connectivity index (χ1) is 5.87. The molecule has 0 amide bonds. The molecule has 6 heteroatoms. The standard InChI is InChI=1S/C7H8F2N2OS/c1-13(10,12)11-7-3-5(8)2-6(9)4-7/h2-4H,1H3,(H2,10,11,12). The number of anilines is 1. The molecule has 0 saturated carbocycles. The van der Waals surface area contributed by atoms with Crippen LogP contribution >= 0.6 is 0 Å². The van der Waals surface area contributed by atoms with Crippen LogP contribution in [0, 0.1) is 16.4 Å². The Morgan fingerprint density at radius 3 is 2.15 bits per heavy atom. The molecule has 0 heterocycles. The van der Waals surface area contributed by atoms with Gasteiger partial charge in [0.05, 0.1) is 5.69 Å². The molecule has 1 unspecified atom stereocenters. The summed E-state index contributed by atoms with van der Waals surface area (Å²) >= 11 is 0. The molecular weight excluding hydrogens is 198 g/mol. The molecule has 1 aromatic rings. The van der Waals surface area contributed by atoms with Crippen LogP contribution in [0.3, 0.4) is 0 Å². The van der Waals surface area contributed by atoms with Crippen molar-refractivity contribution < 1.29 is 13.0 Å². The van der Waals surface area contributed by atoms with E-state index in [0.29, 0.717) is 6.07 Å². The van der Waals surface area contributed by atoms with Gasteiger partial charge in [-0.05, 0) is 12.1 Å². The number of hydrogen-bond acceptors (Lipinski definition) is 2. The van der Waals surface area contributed by atoms with Crippen LogP contribution in [0.15, 0.2) is 18.2 Å². The summed E-state index contributed by atoms with van der Waals surface area (Å²) in [7, 11) is -2.99. The van der Waals surface area contributed by atoms with E-state index in [1.165, 1.54) is 0 Å². The number of halogens is 2. The fraction of sp³-hybridized carbons (Fsp3) is 0.143. The van der Waals surface area contributed by atoms with Crippen LogP contribution in [-0.2, 0) is 9.92 Å². The third-order valence-electron chi connectivity index (χ3n) is 1.18. The van der Waals surface area contributed by atoms with Crippen LogP contribution in [0.2, 0.25) is 0 Å². The topological polar surface area (TPSA) is 53.0 Å². The summed E-state index contributed by atoms with van der Waals surface area (Å²) in [6, 6.07) is 2.65. The first-order valence-electron chi connectivity index (χ1n) is 3.34. The van der Waals surface area contributed by atoms with Crippen molar-refractivity contribution in [3.05, 3.63) is 29.8 Å². The van der Waals surface area contributed by atoms with E-state index >= 15 is 0 Å². The monoisotopic (exact) mass is 206 g/mol. The Hall–Kier alpha value is -1.17. The molecule has 0 radical (unpaired) electrons. The van der Waals surface area contributed by atoms with Gasteiger partial charge < -0.3 is 0 Å². The van der Waals surface area contributed by atoms with Crippen molar-refractivity contribution in [2.45, 2.75) is 0 Å². The van der Waals surface area contributed by atoms with Crippen molar-refractivity contribution in [1.82, 2.24) is 0 Å². The van der Waals surface area contributed by atoms with Crippen molar-refractivity contribution >= 4 is 15.6 Å². The van der Waals surface area contributed by atoms with Crippen LogP contribution in [-0.4, -0.2) is 10.5 Å². The zero-order valence-electron chi connectivity index (χ0n) is 6.80. The van der Waals surface area contributed by atoms with Gasteiger partial charge in [0.15, 0.2) is 0 Å². The van der Waals surface area contributed by atoms with E-state index in [9.17, 15) is 13.0 Å². The summed E-state index contributed by atoms with van der Waals surface area (Å²) in [5, 5.41) is 0. The summed E-state index contributed by atoms with van der Waals surface area (Å²) in [4.78, 5) is 0. The van der Waals surface area contributed by atoms with E-state index in [-0.39, 0.29) is 5.69 Å². The van der Waals surface area contributed by atoms with Crippen LogP contribution in [0.5, 0.6) is 0 Å². The van der Waals surface area contributed by atoms with Crippen molar-refractivity contribution in [3.8, 4) is 0 Å². The largest absolute Gasteiger partial charge is 0.299 e. The fourth-order valence-electron chi connectivity index (χ4n) is 0.838. The molecule has 1 aromatic carbocycles. The van der Waals surface area contributed by atoms with E-state index in [4.69, 9.17) is 4.78 Å². The van der Waals surface area contributed by atoms with Crippen molar-refractivity contribution in [2.75, 3.05) is 11.0 Å². The molecule has 72 valence electrons. The number of rotatable bonds is 2. The van der Waals surface area contributed by atoms with Crippen LogP contribution in [0.4, 0.5) is 14.5 Å². The van der Waals surface area contributed by atoms with Crippen LogP contribution < -0.4 is 4.72 Å². The van der Waals surface area contributed by atoms with E-state index in [1.807, 2.05) is 0 Å². The lowest BCUT2D eigenvalue weighted by Crippen LogP contribution is -2.08. The maximum atomic E-state index is 12.6. The minimum absolute atomic E-state index is 0.000000000000000444. The normalized spacial score (nSPS) is 15.0. The van der Waals surface area contributed by atoms with Gasteiger partial charge in [-0.3, -0.25) is 4.72 Å². The lowest BCUT2D eigenvalue weighted by molar-refractivity contribution is 0.584. The van der Waals surface area contributed by atoms with Crippen molar-refractivity contribution in [1.29, 1.82) is 4.78 Å². The van der Waals surface area contributed by atoms with Gasteiger partial charge in [-0.25, -0.2) is 17.8 Å². The first-order valence-corrected chi connectivity index (χ1v) is 5.31. The number of benzene rings is 1. The summed E-state index contributed by atoms with van der Waals surface area (Å²) in [5.41, 5.74) is 0.000000000000000444. The second kappa shape index (κ2) is 3.29. The van der Waals surface area contributed by atoms with Gasteiger partial charge >= 0.3 is 0 Å². The molecule has 0 spiro atoms. The van der Waals surface area contributed by atoms with Gasteiger partial charge in [0, 0.05) is 12.3 Å². The van der Waals surface area contributed by atoms with Gasteiger partial charge in [0.2, 0.25) is 0 Å². The van der Waals surface area contributed by atoms with Gasteiger partial charge in [-0.2, -0.15) is 0 Å². The first kappa shape index (κ1) is 9.91. The Morgan fingerprint density at radius 2 is 1.77 bits per heavy atom. The Kier molecular flexibility index (Phi) is 2.51. The molecule has 0 saturated heterocycles. The van der Waals surface area contributed by atoms with E-state index in [1.54, 1.807) is 0 Å². The lowest BCUT2D eigenvalue weighted by Gasteiger charge is -2.05. The Labute approximate surface area is 74.9 Å². The molecular formula is C7H8F2N2OS. The summed E-state index contributed by atoms with van der Waals surface area (Å²) < 4.78 is 45.2.